The molecule has 0 bridgehead atoms. The van der Waals surface area contributed by atoms with Crippen LogP contribution in [0.1, 0.15) is 69.9 Å². The van der Waals surface area contributed by atoms with Crippen LogP contribution in [-0.4, -0.2) is 23.9 Å². The average Bonchev–Trinajstić information content (AvgIpc) is 2.99. The minimum Gasteiger partial charge on any atom is -0.619 e. The zero-order valence-corrected chi connectivity index (χ0v) is 16.4. The molecule has 142 valence electrons. The summed E-state index contributed by atoms with van der Waals surface area (Å²) in [5, 5.41) is 11.6. The van der Waals surface area contributed by atoms with Gasteiger partial charge in [0.05, 0.1) is 0 Å². The zero-order valence-electron chi connectivity index (χ0n) is 16.4. The van der Waals surface area contributed by atoms with Gasteiger partial charge >= 0.3 is 0 Å². The highest BCUT2D eigenvalue weighted by Crippen LogP contribution is 2.63. The largest absolute Gasteiger partial charge is 0.619 e. The Morgan fingerprint density at radius 1 is 1.27 bits per heavy atom. The Hall–Kier alpha value is -1.58. The summed E-state index contributed by atoms with van der Waals surface area (Å²) in [6, 6.07) is 2.06. The predicted octanol–water partition coefficient (Wildman–Crippen LogP) is 3.66. The molecule has 0 saturated heterocycles. The molecule has 0 spiro atoms. The molecule has 4 heteroatoms. The second kappa shape index (κ2) is 6.54. The molecule has 26 heavy (non-hydrogen) atoms. The number of hydrogen-bond acceptors (Lipinski definition) is 2. The van der Waals surface area contributed by atoms with Crippen LogP contribution < -0.4 is 4.73 Å². The summed E-state index contributed by atoms with van der Waals surface area (Å²) in [5.41, 5.74) is 2.82. The third-order valence-corrected chi connectivity index (χ3v) is 8.01. The van der Waals surface area contributed by atoms with Crippen molar-refractivity contribution < 1.29 is 9.52 Å². The molecule has 3 aliphatic carbocycles. The van der Waals surface area contributed by atoms with Crippen molar-refractivity contribution in [2.45, 2.75) is 65.2 Å². The van der Waals surface area contributed by atoms with E-state index in [2.05, 4.69) is 26.8 Å². The Morgan fingerprint density at radius 3 is 2.77 bits per heavy atom. The van der Waals surface area contributed by atoms with E-state index in [0.29, 0.717) is 23.7 Å². The summed E-state index contributed by atoms with van der Waals surface area (Å²) < 4.78 is 0.945. The highest BCUT2D eigenvalue weighted by molar-refractivity contribution is 5.80. The molecule has 4 rings (SSSR count). The van der Waals surface area contributed by atoms with E-state index in [1.165, 1.54) is 24.0 Å². The van der Waals surface area contributed by atoms with Gasteiger partial charge < -0.3 is 10.1 Å². The van der Waals surface area contributed by atoms with Crippen molar-refractivity contribution in [2.24, 2.45) is 23.2 Å². The van der Waals surface area contributed by atoms with E-state index in [4.69, 9.17) is 0 Å². The summed E-state index contributed by atoms with van der Waals surface area (Å²) >= 11 is 0. The molecule has 0 radical (unpaired) electrons. The maximum Gasteiger partial charge on any atom is 0.226 e. The molecule has 2 fully saturated rings. The first-order valence-electron chi connectivity index (χ1n) is 10.5. The molecule has 0 N–H and O–H groups in total. The Kier molecular flexibility index (Phi) is 4.48. The number of rotatable bonds is 3. The molecule has 0 unspecified atom stereocenters. The van der Waals surface area contributed by atoms with Gasteiger partial charge in [0.1, 0.15) is 0 Å². The van der Waals surface area contributed by atoms with E-state index in [-0.39, 0.29) is 11.3 Å². The maximum atomic E-state index is 13.2. The van der Waals surface area contributed by atoms with Gasteiger partial charge in [-0.2, -0.15) is 4.73 Å². The van der Waals surface area contributed by atoms with Crippen LogP contribution in [0.2, 0.25) is 0 Å². The van der Waals surface area contributed by atoms with Gasteiger partial charge in [-0.3, -0.25) is 4.79 Å². The number of amides is 1. The Balaban J connectivity index is 1.61. The number of aromatic nitrogens is 1. The van der Waals surface area contributed by atoms with E-state index in [9.17, 15) is 10.0 Å². The third kappa shape index (κ3) is 2.56. The van der Waals surface area contributed by atoms with Crippen molar-refractivity contribution in [3.8, 4) is 0 Å². The molecular weight excluding hydrogens is 324 g/mol. The van der Waals surface area contributed by atoms with Gasteiger partial charge in [-0.1, -0.05) is 6.92 Å². The first-order chi connectivity index (χ1) is 12.5. The molecule has 1 aromatic rings. The number of pyridine rings is 1. The monoisotopic (exact) mass is 356 g/mol. The molecule has 0 aliphatic heterocycles. The number of aryl methyl sites for hydroxylation is 1. The van der Waals surface area contributed by atoms with Crippen LogP contribution in [0, 0.1) is 28.4 Å². The standard InChI is InChI=1S/C22H32N2O2/c1-4-23(5-2)21(25)20-9-8-19-18-7-6-15-14-24(26)13-11-16(15)17(18)10-12-22(19,20)3/h11,13-14,17-20H,4-10,12H2,1-3H3/t17-,18-,19+,20-,22+/m1/s1. The van der Waals surface area contributed by atoms with Crippen molar-refractivity contribution in [3.05, 3.63) is 34.8 Å². The molecular formula is C22H32N2O2. The fraction of sp³-hybridized carbons (Fsp3) is 0.727. The zero-order chi connectivity index (χ0) is 18.5. The second-order valence-electron chi connectivity index (χ2n) is 8.89. The average molecular weight is 357 g/mol. The van der Waals surface area contributed by atoms with E-state index in [1.54, 1.807) is 12.4 Å². The van der Waals surface area contributed by atoms with Crippen LogP contribution in [-0.2, 0) is 11.2 Å². The maximum absolute atomic E-state index is 13.2. The van der Waals surface area contributed by atoms with Crippen LogP contribution in [0.5, 0.6) is 0 Å². The van der Waals surface area contributed by atoms with Crippen molar-refractivity contribution in [2.75, 3.05) is 13.1 Å². The predicted molar refractivity (Wildman–Crippen MR) is 101 cm³/mol. The Bertz CT molecular complexity index is 699. The summed E-state index contributed by atoms with van der Waals surface area (Å²) in [4.78, 5) is 15.2. The lowest BCUT2D eigenvalue weighted by molar-refractivity contribution is -0.606. The molecule has 2 saturated carbocycles. The van der Waals surface area contributed by atoms with E-state index in [1.807, 2.05) is 4.90 Å². The Labute approximate surface area is 157 Å². The molecule has 4 nitrogen and oxygen atoms in total. The summed E-state index contributed by atoms with van der Waals surface area (Å²) in [7, 11) is 0. The van der Waals surface area contributed by atoms with Crippen molar-refractivity contribution in [1.82, 2.24) is 4.90 Å². The van der Waals surface area contributed by atoms with Gasteiger partial charge in [0.2, 0.25) is 5.91 Å². The number of carbonyl (C=O) groups excluding carboxylic acids is 1. The smallest absolute Gasteiger partial charge is 0.226 e. The molecule has 1 amide bonds. The van der Waals surface area contributed by atoms with Gasteiger partial charge in [0.15, 0.2) is 12.4 Å². The van der Waals surface area contributed by atoms with E-state index < -0.39 is 0 Å². The molecule has 1 heterocycles. The highest BCUT2D eigenvalue weighted by atomic mass is 16.5. The van der Waals surface area contributed by atoms with Crippen LogP contribution in [0.3, 0.4) is 0 Å². The number of fused-ring (bicyclic) bond motifs is 5. The normalized spacial score (nSPS) is 35.3. The lowest BCUT2D eigenvalue weighted by atomic mass is 9.54. The SMILES string of the molecule is CCN(CC)C(=O)[C@H]1CC[C@H]2[C@@H]3CCc4c[n+]([O-])ccc4[C@H]3CC[C@]12C. The fourth-order valence-electron chi connectivity index (χ4n) is 6.66. The number of nitrogens with zero attached hydrogens (tertiary/aromatic N) is 2. The highest BCUT2D eigenvalue weighted by Gasteiger charge is 2.57. The van der Waals surface area contributed by atoms with Crippen LogP contribution in [0.4, 0.5) is 0 Å². The van der Waals surface area contributed by atoms with Gasteiger partial charge in [0, 0.05) is 30.6 Å². The van der Waals surface area contributed by atoms with Gasteiger partial charge in [-0.15, -0.1) is 0 Å². The molecule has 1 aromatic heterocycles. The van der Waals surface area contributed by atoms with Crippen molar-refractivity contribution in [3.63, 3.8) is 0 Å². The van der Waals surface area contributed by atoms with Crippen LogP contribution >= 0.6 is 0 Å². The third-order valence-electron chi connectivity index (χ3n) is 8.01. The number of carbonyl (C=O) groups is 1. The lowest BCUT2D eigenvalue weighted by Gasteiger charge is -2.50. The minimum absolute atomic E-state index is 0.158. The molecule has 5 atom stereocenters. The van der Waals surface area contributed by atoms with Crippen LogP contribution in [0.15, 0.2) is 18.5 Å². The van der Waals surface area contributed by atoms with Crippen LogP contribution in [0.25, 0.3) is 0 Å². The lowest BCUT2D eigenvalue weighted by Crippen LogP contribution is -2.47. The summed E-state index contributed by atoms with van der Waals surface area (Å²) in [5.74, 6) is 2.51. The topological polar surface area (TPSA) is 47.2 Å². The van der Waals surface area contributed by atoms with Crippen molar-refractivity contribution >= 4 is 5.91 Å². The second-order valence-corrected chi connectivity index (χ2v) is 8.89. The van der Waals surface area contributed by atoms with Gasteiger partial charge in [-0.25, -0.2) is 0 Å². The number of hydrogen-bond donors (Lipinski definition) is 0. The summed E-state index contributed by atoms with van der Waals surface area (Å²) in [6.07, 6.45) is 10.2. The first kappa shape index (κ1) is 17.8. The fourth-order valence-corrected chi connectivity index (χ4v) is 6.66. The summed E-state index contributed by atoms with van der Waals surface area (Å²) in [6.45, 7) is 8.22. The Morgan fingerprint density at radius 2 is 2.04 bits per heavy atom. The quantitative estimate of drug-likeness (QED) is 0.613. The first-order valence-corrected chi connectivity index (χ1v) is 10.5. The molecule has 0 aromatic carbocycles. The van der Waals surface area contributed by atoms with Crippen molar-refractivity contribution in [1.29, 1.82) is 0 Å². The van der Waals surface area contributed by atoms with Gasteiger partial charge in [-0.05, 0) is 81.1 Å². The van der Waals surface area contributed by atoms with E-state index >= 15 is 0 Å². The minimum atomic E-state index is 0.158. The van der Waals surface area contributed by atoms with E-state index in [0.717, 1.165) is 43.5 Å². The van der Waals surface area contributed by atoms with Gasteiger partial charge in [0.25, 0.3) is 0 Å². The molecule has 3 aliphatic rings.